The number of hydrogen-bond donors (Lipinski definition) is 1. The second kappa shape index (κ2) is 7.73. The molecular weight excluding hydrogens is 260 g/mol. The maximum absolute atomic E-state index is 5.92. The first-order valence-corrected chi connectivity index (χ1v) is 7.39. The standard InChI is InChI=1S/C15H23ClN2O/c1-18(12-13-4-3-7-17-11-13)8-9-19-15-6-2-5-14(16)10-15/h2,5-6,10,13,17H,3-4,7-9,11-12H2,1H3. The smallest absolute Gasteiger partial charge is 0.120 e. The number of nitrogens with zero attached hydrogens (tertiary/aromatic N) is 1. The van der Waals surface area contributed by atoms with Crippen LogP contribution in [0.2, 0.25) is 5.02 Å². The third-order valence-corrected chi connectivity index (χ3v) is 3.74. The molecule has 1 heterocycles. The predicted octanol–water partition coefficient (Wildman–Crippen LogP) is 2.65. The van der Waals surface area contributed by atoms with E-state index < -0.39 is 0 Å². The highest BCUT2D eigenvalue weighted by Crippen LogP contribution is 2.17. The van der Waals surface area contributed by atoms with Crippen molar-refractivity contribution >= 4 is 11.6 Å². The fourth-order valence-electron chi connectivity index (χ4n) is 2.49. The number of piperidine rings is 1. The molecule has 1 unspecified atom stereocenters. The van der Waals surface area contributed by atoms with Gasteiger partial charge in [-0.05, 0) is 57.1 Å². The Kier molecular flexibility index (Phi) is 5.95. The molecule has 19 heavy (non-hydrogen) atoms. The third-order valence-electron chi connectivity index (χ3n) is 3.51. The van der Waals surface area contributed by atoms with E-state index in [2.05, 4.69) is 17.3 Å². The van der Waals surface area contributed by atoms with Crippen LogP contribution in [0.4, 0.5) is 0 Å². The molecular formula is C15H23ClN2O. The van der Waals surface area contributed by atoms with Crippen molar-refractivity contribution in [1.82, 2.24) is 10.2 Å². The molecule has 1 N–H and O–H groups in total. The highest BCUT2D eigenvalue weighted by molar-refractivity contribution is 6.30. The molecule has 2 rings (SSSR count). The minimum atomic E-state index is 0.705. The third kappa shape index (κ3) is 5.39. The van der Waals surface area contributed by atoms with Gasteiger partial charge in [0, 0.05) is 18.1 Å². The number of nitrogens with one attached hydrogen (secondary N) is 1. The Labute approximate surface area is 120 Å². The van der Waals surface area contributed by atoms with E-state index in [0.29, 0.717) is 6.61 Å². The van der Waals surface area contributed by atoms with Crippen LogP contribution in [-0.4, -0.2) is 44.7 Å². The van der Waals surface area contributed by atoms with Gasteiger partial charge >= 0.3 is 0 Å². The van der Waals surface area contributed by atoms with Gasteiger partial charge in [-0.1, -0.05) is 17.7 Å². The van der Waals surface area contributed by atoms with Crippen molar-refractivity contribution in [2.45, 2.75) is 12.8 Å². The lowest BCUT2D eigenvalue weighted by molar-refractivity contribution is 0.201. The summed E-state index contributed by atoms with van der Waals surface area (Å²) in [5.74, 6) is 1.63. The summed E-state index contributed by atoms with van der Waals surface area (Å²) in [6, 6.07) is 7.56. The van der Waals surface area contributed by atoms with Crippen LogP contribution >= 0.6 is 11.6 Å². The summed E-state index contributed by atoms with van der Waals surface area (Å²) in [5.41, 5.74) is 0. The van der Waals surface area contributed by atoms with Crippen molar-refractivity contribution in [3.05, 3.63) is 29.3 Å². The summed E-state index contributed by atoms with van der Waals surface area (Å²) in [6.45, 7) is 5.13. The summed E-state index contributed by atoms with van der Waals surface area (Å²) < 4.78 is 5.70. The van der Waals surface area contributed by atoms with E-state index in [0.717, 1.165) is 36.3 Å². The first-order chi connectivity index (χ1) is 9.24. The van der Waals surface area contributed by atoms with E-state index in [4.69, 9.17) is 16.3 Å². The minimum absolute atomic E-state index is 0.705. The van der Waals surface area contributed by atoms with Crippen molar-refractivity contribution in [2.75, 3.05) is 39.8 Å². The Hall–Kier alpha value is -0.770. The number of hydrogen-bond acceptors (Lipinski definition) is 3. The van der Waals surface area contributed by atoms with Gasteiger partial charge in [-0.2, -0.15) is 0 Å². The average Bonchev–Trinajstić information content (AvgIpc) is 2.40. The van der Waals surface area contributed by atoms with Crippen molar-refractivity contribution in [3.63, 3.8) is 0 Å². The molecule has 0 aliphatic carbocycles. The van der Waals surface area contributed by atoms with E-state index in [1.807, 2.05) is 24.3 Å². The SMILES string of the molecule is CN(CCOc1cccc(Cl)c1)CC1CCCNC1. The summed E-state index contributed by atoms with van der Waals surface area (Å²) in [5, 5.41) is 4.18. The molecule has 1 aromatic rings. The fraction of sp³-hybridized carbons (Fsp3) is 0.600. The van der Waals surface area contributed by atoms with Crippen LogP contribution in [0.5, 0.6) is 5.75 Å². The topological polar surface area (TPSA) is 24.5 Å². The van der Waals surface area contributed by atoms with Gasteiger partial charge < -0.3 is 15.0 Å². The molecule has 1 aliphatic heterocycles. The molecule has 1 aromatic carbocycles. The van der Waals surface area contributed by atoms with E-state index in [-0.39, 0.29) is 0 Å². The number of likely N-dealkylation sites (N-methyl/N-ethyl adjacent to an activating group) is 1. The molecule has 1 saturated heterocycles. The summed E-state index contributed by atoms with van der Waals surface area (Å²) in [6.07, 6.45) is 2.64. The van der Waals surface area contributed by atoms with Gasteiger partial charge in [0.25, 0.3) is 0 Å². The molecule has 0 radical (unpaired) electrons. The average molecular weight is 283 g/mol. The van der Waals surface area contributed by atoms with E-state index >= 15 is 0 Å². The van der Waals surface area contributed by atoms with Gasteiger partial charge in [0.2, 0.25) is 0 Å². The first kappa shape index (κ1) is 14.6. The molecule has 1 atom stereocenters. The predicted molar refractivity (Wildman–Crippen MR) is 80.0 cm³/mol. The molecule has 0 aromatic heterocycles. The van der Waals surface area contributed by atoms with E-state index in [1.54, 1.807) is 0 Å². The van der Waals surface area contributed by atoms with Crippen LogP contribution < -0.4 is 10.1 Å². The largest absolute Gasteiger partial charge is 0.492 e. The second-order valence-electron chi connectivity index (χ2n) is 5.28. The van der Waals surface area contributed by atoms with Gasteiger partial charge in [-0.25, -0.2) is 0 Å². The molecule has 1 fully saturated rings. The lowest BCUT2D eigenvalue weighted by atomic mass is 9.99. The number of rotatable bonds is 6. The Morgan fingerprint density at radius 3 is 3.11 bits per heavy atom. The molecule has 0 bridgehead atoms. The number of benzene rings is 1. The Morgan fingerprint density at radius 2 is 2.37 bits per heavy atom. The number of ether oxygens (including phenoxy) is 1. The van der Waals surface area contributed by atoms with Crippen molar-refractivity contribution in [2.24, 2.45) is 5.92 Å². The van der Waals surface area contributed by atoms with Gasteiger partial charge in [0.1, 0.15) is 12.4 Å². The summed E-state index contributed by atoms with van der Waals surface area (Å²) in [4.78, 5) is 2.35. The van der Waals surface area contributed by atoms with Crippen LogP contribution in [0.1, 0.15) is 12.8 Å². The van der Waals surface area contributed by atoms with Crippen LogP contribution in [0.15, 0.2) is 24.3 Å². The van der Waals surface area contributed by atoms with Gasteiger partial charge in [0.05, 0.1) is 0 Å². The van der Waals surface area contributed by atoms with Crippen LogP contribution in [0.3, 0.4) is 0 Å². The van der Waals surface area contributed by atoms with Crippen molar-refractivity contribution < 1.29 is 4.74 Å². The Balaban J connectivity index is 1.64. The zero-order valence-corrected chi connectivity index (χ0v) is 12.3. The fourth-order valence-corrected chi connectivity index (χ4v) is 2.67. The zero-order chi connectivity index (χ0) is 13.5. The molecule has 1 aliphatic rings. The maximum Gasteiger partial charge on any atom is 0.120 e. The molecule has 0 spiro atoms. The highest BCUT2D eigenvalue weighted by atomic mass is 35.5. The van der Waals surface area contributed by atoms with Crippen molar-refractivity contribution in [1.29, 1.82) is 0 Å². The zero-order valence-electron chi connectivity index (χ0n) is 11.6. The number of halogens is 1. The van der Waals surface area contributed by atoms with E-state index in [9.17, 15) is 0 Å². The minimum Gasteiger partial charge on any atom is -0.492 e. The molecule has 3 nitrogen and oxygen atoms in total. The van der Waals surface area contributed by atoms with Gasteiger partial charge in [-0.15, -0.1) is 0 Å². The maximum atomic E-state index is 5.92. The Bertz CT molecular complexity index is 380. The lowest BCUT2D eigenvalue weighted by Crippen LogP contribution is -2.38. The molecule has 4 heteroatoms. The Morgan fingerprint density at radius 1 is 1.47 bits per heavy atom. The normalized spacial score (nSPS) is 19.6. The van der Waals surface area contributed by atoms with E-state index in [1.165, 1.54) is 19.4 Å². The molecule has 0 amide bonds. The monoisotopic (exact) mass is 282 g/mol. The quantitative estimate of drug-likeness (QED) is 0.868. The molecule has 0 saturated carbocycles. The van der Waals surface area contributed by atoms with Crippen LogP contribution in [0.25, 0.3) is 0 Å². The van der Waals surface area contributed by atoms with Gasteiger partial charge in [-0.3, -0.25) is 0 Å². The summed E-state index contributed by atoms with van der Waals surface area (Å²) in [7, 11) is 2.16. The molecule has 106 valence electrons. The van der Waals surface area contributed by atoms with Crippen LogP contribution in [-0.2, 0) is 0 Å². The first-order valence-electron chi connectivity index (χ1n) is 7.01. The highest BCUT2D eigenvalue weighted by Gasteiger charge is 2.14. The summed E-state index contributed by atoms with van der Waals surface area (Å²) >= 11 is 5.92. The van der Waals surface area contributed by atoms with Crippen molar-refractivity contribution in [3.8, 4) is 5.75 Å². The lowest BCUT2D eigenvalue weighted by Gasteiger charge is -2.27. The second-order valence-corrected chi connectivity index (χ2v) is 5.72. The van der Waals surface area contributed by atoms with Crippen LogP contribution in [0, 0.1) is 5.92 Å². The van der Waals surface area contributed by atoms with Gasteiger partial charge in [0.15, 0.2) is 0 Å².